The molecule has 3 N–H and O–H groups in total. The number of ketones is 1. The molecule has 0 bridgehead atoms. The molecule has 2 aromatic heterocycles. The number of nitrogens with zero attached hydrogens (tertiary/aromatic N) is 2. The van der Waals surface area contributed by atoms with Crippen LogP contribution in [0.4, 0.5) is 5.82 Å². The standard InChI is InChI=1S/C15H19N5O/c21-13(9-3-4-9)11-7-17-14-12(11)15(19-8-18-14)20-10-2-1-5-16-6-10/h7-10,16H,1-6H2,(H2,17,18,19,20)/t10-/m1/s1. The number of hydrogen-bond donors (Lipinski definition) is 3. The molecule has 6 nitrogen and oxygen atoms in total. The predicted molar refractivity (Wildman–Crippen MR) is 80.5 cm³/mol. The molecule has 1 aliphatic heterocycles. The van der Waals surface area contributed by atoms with Crippen molar-refractivity contribution in [3.8, 4) is 0 Å². The number of piperidine rings is 1. The minimum absolute atomic E-state index is 0.202. The van der Waals surface area contributed by atoms with Crippen LogP contribution in [0, 0.1) is 5.92 Å². The Balaban J connectivity index is 1.69. The Bertz CT molecular complexity index is 670. The normalized spacial score (nSPS) is 22.4. The minimum atomic E-state index is 0.202. The molecule has 2 aliphatic rings. The van der Waals surface area contributed by atoms with E-state index in [-0.39, 0.29) is 11.7 Å². The summed E-state index contributed by atoms with van der Waals surface area (Å²) in [6.45, 7) is 2.01. The van der Waals surface area contributed by atoms with Crippen molar-refractivity contribution in [3.05, 3.63) is 18.1 Å². The van der Waals surface area contributed by atoms with Crippen LogP contribution in [0.15, 0.2) is 12.5 Å². The van der Waals surface area contributed by atoms with Crippen molar-refractivity contribution in [1.29, 1.82) is 0 Å². The van der Waals surface area contributed by atoms with Crippen LogP contribution < -0.4 is 10.6 Å². The molecule has 21 heavy (non-hydrogen) atoms. The van der Waals surface area contributed by atoms with E-state index in [4.69, 9.17) is 0 Å². The van der Waals surface area contributed by atoms with Crippen molar-refractivity contribution in [2.75, 3.05) is 18.4 Å². The van der Waals surface area contributed by atoms with E-state index >= 15 is 0 Å². The van der Waals surface area contributed by atoms with Gasteiger partial charge in [-0.3, -0.25) is 4.79 Å². The number of anilines is 1. The van der Waals surface area contributed by atoms with Gasteiger partial charge in [0.2, 0.25) is 0 Å². The maximum atomic E-state index is 12.4. The van der Waals surface area contributed by atoms with Crippen LogP contribution in [-0.4, -0.2) is 39.9 Å². The number of fused-ring (bicyclic) bond motifs is 1. The summed E-state index contributed by atoms with van der Waals surface area (Å²) in [4.78, 5) is 24.1. The highest BCUT2D eigenvalue weighted by atomic mass is 16.1. The van der Waals surface area contributed by atoms with Crippen molar-refractivity contribution in [1.82, 2.24) is 20.3 Å². The van der Waals surface area contributed by atoms with Crippen LogP contribution in [0.2, 0.25) is 0 Å². The van der Waals surface area contributed by atoms with E-state index in [0.717, 1.165) is 61.2 Å². The molecular formula is C15H19N5O. The van der Waals surface area contributed by atoms with Crippen molar-refractivity contribution >= 4 is 22.6 Å². The van der Waals surface area contributed by atoms with Gasteiger partial charge in [-0.15, -0.1) is 0 Å². The van der Waals surface area contributed by atoms with E-state index in [1.165, 1.54) is 0 Å². The molecule has 1 atom stereocenters. The molecule has 3 heterocycles. The Morgan fingerprint density at radius 2 is 2.19 bits per heavy atom. The molecule has 0 amide bonds. The molecule has 0 aromatic carbocycles. The lowest BCUT2D eigenvalue weighted by molar-refractivity contribution is 0.0969. The van der Waals surface area contributed by atoms with Gasteiger partial charge in [-0.1, -0.05) is 0 Å². The molecule has 6 heteroatoms. The molecule has 1 saturated carbocycles. The second kappa shape index (κ2) is 5.11. The van der Waals surface area contributed by atoms with E-state index in [2.05, 4.69) is 25.6 Å². The Labute approximate surface area is 122 Å². The maximum absolute atomic E-state index is 12.4. The third-order valence-electron chi connectivity index (χ3n) is 4.32. The number of aromatic nitrogens is 3. The molecule has 2 aromatic rings. The van der Waals surface area contributed by atoms with E-state index < -0.39 is 0 Å². The quantitative estimate of drug-likeness (QED) is 0.745. The number of rotatable bonds is 4. The number of nitrogens with one attached hydrogen (secondary N) is 3. The fourth-order valence-corrected chi connectivity index (χ4v) is 3.00. The first-order chi connectivity index (χ1) is 10.3. The average molecular weight is 285 g/mol. The molecular weight excluding hydrogens is 266 g/mol. The lowest BCUT2D eigenvalue weighted by Gasteiger charge is -2.24. The van der Waals surface area contributed by atoms with Crippen molar-refractivity contribution in [2.45, 2.75) is 31.7 Å². The predicted octanol–water partition coefficient (Wildman–Crippen LogP) is 1.71. The third kappa shape index (κ3) is 2.40. The highest BCUT2D eigenvalue weighted by Crippen LogP contribution is 2.35. The first kappa shape index (κ1) is 12.8. The summed E-state index contributed by atoms with van der Waals surface area (Å²) in [6, 6.07) is 0.357. The fraction of sp³-hybridized carbons (Fsp3) is 0.533. The van der Waals surface area contributed by atoms with Crippen LogP contribution in [0.1, 0.15) is 36.0 Å². The van der Waals surface area contributed by atoms with E-state index in [0.29, 0.717) is 6.04 Å². The third-order valence-corrected chi connectivity index (χ3v) is 4.32. The van der Waals surface area contributed by atoms with Gasteiger partial charge in [-0.25, -0.2) is 9.97 Å². The second-order valence-corrected chi connectivity index (χ2v) is 5.97. The molecule has 0 unspecified atom stereocenters. The first-order valence-corrected chi connectivity index (χ1v) is 7.66. The monoisotopic (exact) mass is 285 g/mol. The van der Waals surface area contributed by atoms with Gasteiger partial charge in [0.05, 0.1) is 5.39 Å². The fourth-order valence-electron chi connectivity index (χ4n) is 3.00. The zero-order valence-corrected chi connectivity index (χ0v) is 11.9. The molecule has 4 rings (SSSR count). The summed E-state index contributed by atoms with van der Waals surface area (Å²) >= 11 is 0. The molecule has 0 radical (unpaired) electrons. The lowest BCUT2D eigenvalue weighted by atomic mass is 10.1. The van der Waals surface area contributed by atoms with Gasteiger partial charge >= 0.3 is 0 Å². The molecule has 1 aliphatic carbocycles. The van der Waals surface area contributed by atoms with Gasteiger partial charge in [0.25, 0.3) is 0 Å². The number of carbonyl (C=O) groups is 1. The van der Waals surface area contributed by atoms with Crippen LogP contribution in [0.25, 0.3) is 11.0 Å². The van der Waals surface area contributed by atoms with Crippen LogP contribution >= 0.6 is 0 Å². The largest absolute Gasteiger partial charge is 0.365 e. The maximum Gasteiger partial charge on any atom is 0.168 e. The average Bonchev–Trinajstić information content (AvgIpc) is 3.27. The van der Waals surface area contributed by atoms with Gasteiger partial charge in [0, 0.05) is 30.3 Å². The van der Waals surface area contributed by atoms with Gasteiger partial charge in [0.15, 0.2) is 5.78 Å². The summed E-state index contributed by atoms with van der Waals surface area (Å²) in [6.07, 6.45) is 7.62. The summed E-state index contributed by atoms with van der Waals surface area (Å²) in [5.74, 6) is 1.20. The van der Waals surface area contributed by atoms with E-state index in [1.54, 1.807) is 12.5 Å². The topological polar surface area (TPSA) is 82.7 Å². The molecule has 0 spiro atoms. The summed E-state index contributed by atoms with van der Waals surface area (Å²) in [5.41, 5.74) is 1.47. The van der Waals surface area contributed by atoms with Crippen LogP contribution in [-0.2, 0) is 0 Å². The molecule has 110 valence electrons. The van der Waals surface area contributed by atoms with E-state index in [9.17, 15) is 4.79 Å². The van der Waals surface area contributed by atoms with Gasteiger partial charge in [-0.2, -0.15) is 0 Å². The second-order valence-electron chi connectivity index (χ2n) is 5.97. The van der Waals surface area contributed by atoms with Crippen LogP contribution in [0.3, 0.4) is 0 Å². The van der Waals surface area contributed by atoms with Crippen molar-refractivity contribution < 1.29 is 4.79 Å². The van der Waals surface area contributed by atoms with Gasteiger partial charge in [-0.05, 0) is 32.2 Å². The van der Waals surface area contributed by atoms with E-state index in [1.807, 2.05) is 0 Å². The number of Topliss-reactive ketones (excluding diaryl/α,β-unsaturated/α-hetero) is 1. The number of carbonyl (C=O) groups excluding carboxylic acids is 1. The van der Waals surface area contributed by atoms with Crippen LogP contribution in [0.5, 0.6) is 0 Å². The zero-order valence-electron chi connectivity index (χ0n) is 11.9. The summed E-state index contributed by atoms with van der Waals surface area (Å²) in [5, 5.41) is 7.71. The minimum Gasteiger partial charge on any atom is -0.365 e. The summed E-state index contributed by atoms with van der Waals surface area (Å²) in [7, 11) is 0. The van der Waals surface area contributed by atoms with Crippen molar-refractivity contribution in [3.63, 3.8) is 0 Å². The van der Waals surface area contributed by atoms with Gasteiger partial charge in [0.1, 0.15) is 17.8 Å². The highest BCUT2D eigenvalue weighted by Gasteiger charge is 2.32. The number of H-pyrrole nitrogens is 1. The molecule has 1 saturated heterocycles. The smallest absolute Gasteiger partial charge is 0.168 e. The molecule has 2 fully saturated rings. The highest BCUT2D eigenvalue weighted by molar-refractivity contribution is 6.12. The SMILES string of the molecule is O=C(c1c[nH]c2ncnc(N[C@@H]3CCCNC3)c12)C1CC1. The number of hydrogen-bond acceptors (Lipinski definition) is 5. The Morgan fingerprint density at radius 1 is 1.29 bits per heavy atom. The Morgan fingerprint density at radius 3 is 2.95 bits per heavy atom. The Kier molecular flexibility index (Phi) is 3.11. The van der Waals surface area contributed by atoms with Gasteiger partial charge < -0.3 is 15.6 Å². The summed E-state index contributed by atoms with van der Waals surface area (Å²) < 4.78 is 0. The number of aromatic amines is 1. The zero-order chi connectivity index (χ0) is 14.2. The first-order valence-electron chi connectivity index (χ1n) is 7.66. The van der Waals surface area contributed by atoms with Crippen molar-refractivity contribution in [2.24, 2.45) is 5.92 Å². The Hall–Kier alpha value is -1.95. The lowest BCUT2D eigenvalue weighted by Crippen LogP contribution is -2.38.